The molecule has 0 atom stereocenters. The van der Waals surface area contributed by atoms with Gasteiger partial charge in [-0.3, -0.25) is 6.54 Å². The van der Waals surface area contributed by atoms with Gasteiger partial charge in [0.15, 0.2) is 0 Å². The maximum atomic E-state index is 4.01. The van der Waals surface area contributed by atoms with Crippen molar-refractivity contribution in [2.75, 3.05) is 6.54 Å². The van der Waals surface area contributed by atoms with Gasteiger partial charge in [-0.1, -0.05) is 13.8 Å². The standard InChI is InChI=1S/C5H11N.2Li/c1-4-6-5(2)3;;/h5H,1,4H2,2-3H3;;/q-2;2*+1. The minimum Gasteiger partial charge on any atom is -0.686 e. The SMILES string of the molecule is [CH2-]C[N-]C(C)C.[Li+].[Li+]. The van der Waals surface area contributed by atoms with Gasteiger partial charge in [0.1, 0.15) is 0 Å². The Balaban J connectivity index is -0.000000125. The van der Waals surface area contributed by atoms with Crippen LogP contribution in [0.15, 0.2) is 0 Å². The van der Waals surface area contributed by atoms with Gasteiger partial charge in [0.05, 0.1) is 0 Å². The molecule has 0 radical (unpaired) electrons. The Morgan fingerprint density at radius 1 is 1.38 bits per heavy atom. The van der Waals surface area contributed by atoms with Crippen LogP contribution >= 0.6 is 0 Å². The molecule has 0 heterocycles. The zero-order valence-electron chi connectivity index (χ0n) is 6.44. The van der Waals surface area contributed by atoms with E-state index in [1.807, 2.05) is 13.8 Å². The summed E-state index contributed by atoms with van der Waals surface area (Å²) in [5.41, 5.74) is 0. The second kappa shape index (κ2) is 11.0. The fraction of sp³-hybridized carbons (Fsp3) is 0.800. The summed E-state index contributed by atoms with van der Waals surface area (Å²) in [5.74, 6) is 0. The number of nitrogens with zero attached hydrogens (tertiary/aromatic N) is 1. The van der Waals surface area contributed by atoms with E-state index in [0.717, 1.165) is 0 Å². The van der Waals surface area contributed by atoms with Gasteiger partial charge in [-0.05, 0) is 0 Å². The molecule has 0 aliphatic heterocycles. The van der Waals surface area contributed by atoms with Gasteiger partial charge in [-0.2, -0.15) is 0 Å². The third-order valence-corrected chi connectivity index (χ3v) is 0.494. The van der Waals surface area contributed by atoms with Crippen LogP contribution in [-0.4, -0.2) is 12.6 Å². The first-order valence-electron chi connectivity index (χ1n) is 2.23. The normalized spacial score (nSPS) is 7.50. The van der Waals surface area contributed by atoms with Gasteiger partial charge in [0.25, 0.3) is 0 Å². The molecule has 0 aliphatic rings. The van der Waals surface area contributed by atoms with Crippen molar-refractivity contribution in [2.24, 2.45) is 0 Å². The van der Waals surface area contributed by atoms with Crippen LogP contribution in [0, 0.1) is 6.92 Å². The molecule has 0 spiro atoms. The minimum atomic E-state index is 0. The van der Waals surface area contributed by atoms with Crippen molar-refractivity contribution in [3.63, 3.8) is 0 Å². The maximum absolute atomic E-state index is 4.01. The van der Waals surface area contributed by atoms with Crippen LogP contribution < -0.4 is 37.7 Å². The molecule has 0 rings (SSSR count). The van der Waals surface area contributed by atoms with Crippen molar-refractivity contribution < 1.29 is 37.7 Å². The van der Waals surface area contributed by atoms with E-state index in [-0.39, 0.29) is 37.7 Å². The molecule has 0 N–H and O–H groups in total. The van der Waals surface area contributed by atoms with Gasteiger partial charge >= 0.3 is 37.7 Å². The fourth-order valence-electron chi connectivity index (χ4n) is 0.258. The Morgan fingerprint density at radius 2 is 1.75 bits per heavy atom. The van der Waals surface area contributed by atoms with Gasteiger partial charge in [-0.15, -0.1) is 6.04 Å². The Bertz CT molecular complexity index is 31.6. The van der Waals surface area contributed by atoms with Crippen molar-refractivity contribution in [1.29, 1.82) is 0 Å². The topological polar surface area (TPSA) is 14.1 Å². The molecule has 1 nitrogen and oxygen atoms in total. The molecule has 0 amide bonds. The van der Waals surface area contributed by atoms with Gasteiger partial charge in [0.2, 0.25) is 0 Å². The summed E-state index contributed by atoms with van der Waals surface area (Å²) in [6, 6.07) is 0.461. The summed E-state index contributed by atoms with van der Waals surface area (Å²) < 4.78 is 0. The maximum Gasteiger partial charge on any atom is 1.00 e. The van der Waals surface area contributed by atoms with E-state index in [0.29, 0.717) is 12.6 Å². The summed E-state index contributed by atoms with van der Waals surface area (Å²) in [5, 5.41) is 4.01. The second-order valence-corrected chi connectivity index (χ2v) is 1.50. The second-order valence-electron chi connectivity index (χ2n) is 1.50. The average Bonchev–Trinajstić information content (AvgIpc) is 1.35. The van der Waals surface area contributed by atoms with Gasteiger partial charge in [0, 0.05) is 0 Å². The Labute approximate surface area is 76.3 Å². The monoisotopic (exact) mass is 99.1 g/mol. The molecule has 38 valence electrons. The largest absolute Gasteiger partial charge is 1.00 e. The van der Waals surface area contributed by atoms with Crippen LogP contribution in [0.1, 0.15) is 13.8 Å². The van der Waals surface area contributed by atoms with Crippen molar-refractivity contribution in [3.05, 3.63) is 12.2 Å². The quantitative estimate of drug-likeness (QED) is 0.245. The third kappa shape index (κ3) is 15.7. The first-order valence-corrected chi connectivity index (χ1v) is 2.23. The van der Waals surface area contributed by atoms with E-state index in [1.165, 1.54) is 0 Å². The Hall–Kier alpha value is 1.15. The van der Waals surface area contributed by atoms with Crippen molar-refractivity contribution in [1.82, 2.24) is 0 Å². The minimum absolute atomic E-state index is 0. The molecule has 8 heavy (non-hydrogen) atoms. The van der Waals surface area contributed by atoms with Crippen LogP contribution in [0.5, 0.6) is 0 Å². The van der Waals surface area contributed by atoms with Crippen molar-refractivity contribution in [2.45, 2.75) is 19.9 Å². The van der Waals surface area contributed by atoms with Crippen LogP contribution in [0.4, 0.5) is 0 Å². The summed E-state index contributed by atoms with van der Waals surface area (Å²) >= 11 is 0. The molecule has 0 unspecified atom stereocenters. The zero-order valence-corrected chi connectivity index (χ0v) is 6.44. The van der Waals surface area contributed by atoms with Crippen molar-refractivity contribution >= 4 is 0 Å². The van der Waals surface area contributed by atoms with E-state index in [4.69, 9.17) is 0 Å². The predicted molar refractivity (Wildman–Crippen MR) is 28.7 cm³/mol. The van der Waals surface area contributed by atoms with Crippen molar-refractivity contribution in [3.8, 4) is 0 Å². The first-order chi connectivity index (χ1) is 2.77. The fourth-order valence-corrected chi connectivity index (χ4v) is 0.258. The third-order valence-electron chi connectivity index (χ3n) is 0.494. The van der Waals surface area contributed by atoms with E-state index >= 15 is 0 Å². The molecule has 0 aromatic carbocycles. The molecule has 0 aliphatic carbocycles. The summed E-state index contributed by atoms with van der Waals surface area (Å²) in [4.78, 5) is 0. The summed E-state index contributed by atoms with van der Waals surface area (Å²) in [7, 11) is 0. The summed E-state index contributed by atoms with van der Waals surface area (Å²) in [6.45, 7) is 8.36. The van der Waals surface area contributed by atoms with Gasteiger partial charge < -0.3 is 12.2 Å². The van der Waals surface area contributed by atoms with E-state index < -0.39 is 0 Å². The summed E-state index contributed by atoms with van der Waals surface area (Å²) in [6.07, 6.45) is 0. The molecule has 0 fully saturated rings. The predicted octanol–water partition coefficient (Wildman–Crippen LogP) is -4.39. The van der Waals surface area contributed by atoms with E-state index in [1.54, 1.807) is 0 Å². The number of rotatable bonds is 2. The van der Waals surface area contributed by atoms with Crippen LogP contribution in [-0.2, 0) is 0 Å². The first kappa shape index (κ1) is 16.1. The molecule has 0 saturated carbocycles. The van der Waals surface area contributed by atoms with E-state index in [2.05, 4.69) is 12.2 Å². The smallest absolute Gasteiger partial charge is 0.686 e. The van der Waals surface area contributed by atoms with E-state index in [9.17, 15) is 0 Å². The molecule has 0 aromatic heterocycles. The van der Waals surface area contributed by atoms with Gasteiger partial charge in [-0.25, -0.2) is 0 Å². The zero-order chi connectivity index (χ0) is 4.99. The van der Waals surface area contributed by atoms with Crippen LogP contribution in [0.2, 0.25) is 0 Å². The number of hydrogen-bond donors (Lipinski definition) is 0. The Kier molecular flexibility index (Phi) is 22.1. The molecule has 0 bridgehead atoms. The molecule has 0 saturated heterocycles. The number of hydrogen-bond acceptors (Lipinski definition) is 0. The van der Waals surface area contributed by atoms with Crippen LogP contribution in [0.25, 0.3) is 5.32 Å². The molecular formula is C5H11Li2N. The molecule has 0 aromatic rings. The van der Waals surface area contributed by atoms with Crippen LogP contribution in [0.3, 0.4) is 0 Å². The molecular weight excluding hydrogens is 87.9 g/mol. The Morgan fingerprint density at radius 3 is 1.75 bits per heavy atom. The molecule has 3 heteroatoms. The average molecular weight is 99.0 g/mol.